The molecule has 0 aromatic heterocycles. The number of fused-ring (bicyclic) bond motifs is 1. The van der Waals surface area contributed by atoms with Gasteiger partial charge in [0.1, 0.15) is 12.3 Å². The number of rotatable bonds is 6. The molecule has 1 heterocycles. The Hall–Kier alpha value is -2.87. The number of nitrogens with zero attached hydrogens (tertiary/aromatic N) is 1. The molecule has 0 radical (unpaired) electrons. The Morgan fingerprint density at radius 2 is 1.83 bits per heavy atom. The summed E-state index contributed by atoms with van der Waals surface area (Å²) in [6, 6.07) is 4.70. The second kappa shape index (κ2) is 8.65. The third-order valence-corrected chi connectivity index (χ3v) is 5.22. The Morgan fingerprint density at radius 1 is 1.21 bits per heavy atom. The Kier molecular flexibility index (Phi) is 6.22. The molecule has 1 saturated heterocycles. The van der Waals surface area contributed by atoms with Crippen LogP contribution in [0.1, 0.15) is 19.8 Å². The molecule has 3 atom stereocenters. The van der Waals surface area contributed by atoms with Crippen molar-refractivity contribution in [3.63, 3.8) is 0 Å². The number of carbonyl (C=O) groups is 4. The van der Waals surface area contributed by atoms with E-state index in [4.69, 9.17) is 21.1 Å². The molecule has 3 amide bonds. The van der Waals surface area contributed by atoms with Gasteiger partial charge in [-0.25, -0.2) is 0 Å². The van der Waals surface area contributed by atoms with E-state index in [2.05, 4.69) is 5.32 Å². The van der Waals surface area contributed by atoms with Gasteiger partial charge in [-0.2, -0.15) is 0 Å². The van der Waals surface area contributed by atoms with Gasteiger partial charge in [0.15, 0.2) is 6.10 Å². The summed E-state index contributed by atoms with van der Waals surface area (Å²) in [5, 5.41) is 2.97. The molecule has 9 heteroatoms. The van der Waals surface area contributed by atoms with Crippen LogP contribution in [0.5, 0.6) is 5.75 Å². The first-order chi connectivity index (χ1) is 13.8. The number of hydrogen-bond acceptors (Lipinski definition) is 6. The maximum Gasteiger partial charge on any atom is 0.326 e. The number of likely N-dealkylation sites (tertiary alicyclic amines) is 1. The molecule has 3 rings (SSSR count). The number of hydrogen-bond donors (Lipinski definition) is 1. The number of ether oxygens (including phenoxy) is 2. The number of carbonyl (C=O) groups excluding carboxylic acids is 4. The highest BCUT2D eigenvalue weighted by Crippen LogP contribution is 2.35. The fraction of sp³-hybridized carbons (Fsp3) is 0.400. The van der Waals surface area contributed by atoms with Crippen molar-refractivity contribution >= 4 is 41.0 Å². The number of nitrogens with one attached hydrogen (secondary N) is 1. The van der Waals surface area contributed by atoms with Gasteiger partial charge in [0, 0.05) is 5.02 Å². The number of methoxy groups -OCH3 is 1. The molecule has 0 saturated carbocycles. The molecule has 154 valence electrons. The lowest BCUT2D eigenvalue weighted by Crippen LogP contribution is -2.39. The first-order valence-electron chi connectivity index (χ1n) is 9.16. The van der Waals surface area contributed by atoms with Crippen LogP contribution in [0.2, 0.25) is 5.02 Å². The Morgan fingerprint density at radius 3 is 2.41 bits per heavy atom. The molecule has 0 unspecified atom stereocenters. The zero-order valence-electron chi connectivity index (χ0n) is 16.0. The lowest BCUT2D eigenvalue weighted by atomic mass is 9.85. The zero-order valence-corrected chi connectivity index (χ0v) is 16.8. The minimum atomic E-state index is -1.15. The summed E-state index contributed by atoms with van der Waals surface area (Å²) in [4.78, 5) is 50.3. The van der Waals surface area contributed by atoms with E-state index in [-0.39, 0.29) is 11.8 Å². The van der Waals surface area contributed by atoms with Crippen LogP contribution in [0.15, 0.2) is 30.4 Å². The molecule has 1 aromatic rings. The molecule has 0 spiro atoms. The minimum Gasteiger partial charge on any atom is -0.495 e. The van der Waals surface area contributed by atoms with Crippen LogP contribution >= 0.6 is 11.6 Å². The lowest BCUT2D eigenvalue weighted by molar-refractivity contribution is -0.158. The molecule has 1 aliphatic heterocycles. The first-order valence-corrected chi connectivity index (χ1v) is 9.53. The Bertz CT molecular complexity index is 858. The Labute approximate surface area is 172 Å². The number of esters is 1. The van der Waals surface area contributed by atoms with Gasteiger partial charge in [-0.3, -0.25) is 24.1 Å². The summed E-state index contributed by atoms with van der Waals surface area (Å²) in [5.74, 6) is -2.63. The minimum absolute atomic E-state index is 0.328. The van der Waals surface area contributed by atoms with Gasteiger partial charge in [0.2, 0.25) is 11.8 Å². The number of amides is 3. The quantitative estimate of drug-likeness (QED) is 0.430. The van der Waals surface area contributed by atoms with Crippen LogP contribution in [0, 0.1) is 11.8 Å². The van der Waals surface area contributed by atoms with Crippen molar-refractivity contribution in [1.29, 1.82) is 0 Å². The Balaban J connectivity index is 1.58. The number of halogens is 1. The third kappa shape index (κ3) is 4.42. The summed E-state index contributed by atoms with van der Waals surface area (Å²) >= 11 is 5.93. The van der Waals surface area contributed by atoms with Gasteiger partial charge < -0.3 is 14.8 Å². The van der Waals surface area contributed by atoms with Crippen molar-refractivity contribution in [3.05, 3.63) is 35.4 Å². The molecule has 1 aliphatic carbocycles. The highest BCUT2D eigenvalue weighted by Gasteiger charge is 2.47. The molecule has 8 nitrogen and oxygen atoms in total. The lowest BCUT2D eigenvalue weighted by Gasteiger charge is -2.18. The number of allylic oxidation sites excluding steroid dienone is 2. The summed E-state index contributed by atoms with van der Waals surface area (Å²) in [5.41, 5.74) is 0.328. The van der Waals surface area contributed by atoms with Crippen molar-refractivity contribution in [2.24, 2.45) is 11.8 Å². The van der Waals surface area contributed by atoms with E-state index >= 15 is 0 Å². The van der Waals surface area contributed by atoms with E-state index in [1.54, 1.807) is 12.1 Å². The molecular formula is C20H21ClN2O6. The highest BCUT2D eigenvalue weighted by molar-refractivity contribution is 6.31. The van der Waals surface area contributed by atoms with Crippen LogP contribution in [0.25, 0.3) is 0 Å². The predicted octanol–water partition coefficient (Wildman–Crippen LogP) is 2.17. The van der Waals surface area contributed by atoms with Gasteiger partial charge in [0.05, 0.1) is 24.6 Å². The molecule has 1 fully saturated rings. The van der Waals surface area contributed by atoms with Crippen molar-refractivity contribution in [3.8, 4) is 5.75 Å². The van der Waals surface area contributed by atoms with E-state index in [1.165, 1.54) is 20.1 Å². The fourth-order valence-corrected chi connectivity index (χ4v) is 3.63. The van der Waals surface area contributed by atoms with Gasteiger partial charge in [0.25, 0.3) is 5.91 Å². The standard InChI is InChI=1S/C20H21ClN2O6/c1-11(18(25)22-15-9-12(21)7-8-16(15)28-2)29-17(24)10-23-19(26)13-5-3-4-6-14(13)20(23)27/h3-4,7-9,11,13-14H,5-6,10H2,1-2H3,(H,22,25)/t11-,13-,14+/m1/s1. The second-order valence-corrected chi connectivity index (χ2v) is 7.32. The SMILES string of the molecule is COc1ccc(Cl)cc1NC(=O)[C@@H](C)OC(=O)CN1C(=O)[C@H]2CC=CC[C@H]2C1=O. The van der Waals surface area contributed by atoms with Crippen LogP contribution in [0.4, 0.5) is 5.69 Å². The summed E-state index contributed by atoms with van der Waals surface area (Å²) in [6.07, 6.45) is 3.56. The van der Waals surface area contributed by atoms with E-state index in [1.807, 2.05) is 12.2 Å². The second-order valence-electron chi connectivity index (χ2n) is 6.88. The maximum atomic E-state index is 12.4. The average Bonchev–Trinajstić information content (AvgIpc) is 2.93. The molecule has 1 aromatic carbocycles. The summed E-state index contributed by atoms with van der Waals surface area (Å²) in [7, 11) is 1.44. The monoisotopic (exact) mass is 420 g/mol. The first kappa shape index (κ1) is 20.9. The summed E-state index contributed by atoms with van der Waals surface area (Å²) in [6.45, 7) is 0.879. The van der Waals surface area contributed by atoms with Crippen LogP contribution < -0.4 is 10.1 Å². The van der Waals surface area contributed by atoms with Crippen LogP contribution in [-0.4, -0.2) is 48.3 Å². The van der Waals surface area contributed by atoms with E-state index in [0.29, 0.717) is 29.3 Å². The maximum absolute atomic E-state index is 12.4. The predicted molar refractivity (Wildman–Crippen MR) is 104 cm³/mol. The molecular weight excluding hydrogens is 400 g/mol. The van der Waals surface area contributed by atoms with Crippen LogP contribution in [0.3, 0.4) is 0 Å². The van der Waals surface area contributed by atoms with Gasteiger partial charge in [-0.1, -0.05) is 23.8 Å². The van der Waals surface area contributed by atoms with E-state index in [0.717, 1.165) is 4.90 Å². The van der Waals surface area contributed by atoms with Gasteiger partial charge in [-0.05, 0) is 38.0 Å². The van der Waals surface area contributed by atoms with E-state index < -0.39 is 36.4 Å². The average molecular weight is 421 g/mol. The topological polar surface area (TPSA) is 102 Å². The molecule has 1 N–H and O–H groups in total. The van der Waals surface area contributed by atoms with Gasteiger partial charge >= 0.3 is 5.97 Å². The number of anilines is 1. The van der Waals surface area contributed by atoms with Crippen molar-refractivity contribution in [2.45, 2.75) is 25.9 Å². The van der Waals surface area contributed by atoms with Crippen molar-refractivity contribution in [2.75, 3.05) is 19.0 Å². The normalized spacial score (nSPS) is 21.6. The third-order valence-electron chi connectivity index (χ3n) is 4.98. The number of benzene rings is 1. The van der Waals surface area contributed by atoms with Gasteiger partial charge in [-0.15, -0.1) is 0 Å². The van der Waals surface area contributed by atoms with E-state index in [9.17, 15) is 19.2 Å². The summed E-state index contributed by atoms with van der Waals surface area (Å²) < 4.78 is 10.3. The molecule has 29 heavy (non-hydrogen) atoms. The fourth-order valence-electron chi connectivity index (χ4n) is 3.45. The molecule has 0 bridgehead atoms. The number of imide groups is 1. The zero-order chi connectivity index (χ0) is 21.1. The molecule has 2 aliphatic rings. The largest absolute Gasteiger partial charge is 0.495 e. The highest BCUT2D eigenvalue weighted by atomic mass is 35.5. The smallest absolute Gasteiger partial charge is 0.326 e. The van der Waals surface area contributed by atoms with Crippen LogP contribution in [-0.2, 0) is 23.9 Å². The van der Waals surface area contributed by atoms with Crippen molar-refractivity contribution in [1.82, 2.24) is 4.90 Å². The van der Waals surface area contributed by atoms with Crippen molar-refractivity contribution < 1.29 is 28.7 Å².